The summed E-state index contributed by atoms with van der Waals surface area (Å²) < 4.78 is 12.0. The van der Waals surface area contributed by atoms with Crippen molar-refractivity contribution in [3.8, 4) is 5.75 Å². The lowest BCUT2D eigenvalue weighted by Crippen LogP contribution is -2.30. The first-order valence-corrected chi connectivity index (χ1v) is 12.6. The number of aryl methyl sites for hydroxylation is 1. The number of pyridine rings is 2. The lowest BCUT2D eigenvalue weighted by molar-refractivity contribution is 0.0601. The van der Waals surface area contributed by atoms with Gasteiger partial charge < -0.3 is 19.8 Å². The van der Waals surface area contributed by atoms with E-state index in [1.165, 1.54) is 24.0 Å². The molecule has 11 heteroatoms. The topological polar surface area (TPSA) is 99.7 Å². The largest absolute Gasteiger partial charge is 0.494 e. The summed E-state index contributed by atoms with van der Waals surface area (Å²) in [5.74, 6) is 0.553. The molecule has 3 aromatic heterocycles. The molecular formula is C27H34Cl2N4O4S. The van der Waals surface area contributed by atoms with Gasteiger partial charge in [-0.2, -0.15) is 11.3 Å². The summed E-state index contributed by atoms with van der Waals surface area (Å²) in [6.07, 6.45) is 4.54. The summed E-state index contributed by atoms with van der Waals surface area (Å²) in [5, 5.41) is 4.59. The molecule has 38 heavy (non-hydrogen) atoms. The number of benzene rings is 1. The maximum Gasteiger partial charge on any atom is 0.338 e. The Bertz CT molecular complexity index is 1290. The van der Waals surface area contributed by atoms with Crippen LogP contribution in [0.1, 0.15) is 22.3 Å². The molecule has 0 saturated heterocycles. The number of hydrogen-bond donors (Lipinski definition) is 1. The van der Waals surface area contributed by atoms with Gasteiger partial charge in [-0.1, -0.05) is 0 Å². The minimum Gasteiger partial charge on any atom is -0.494 e. The van der Waals surface area contributed by atoms with Crippen molar-refractivity contribution in [1.82, 2.24) is 14.5 Å². The molecule has 0 aliphatic heterocycles. The number of carbonyl (C=O) groups excluding carboxylic acids is 1. The fourth-order valence-electron chi connectivity index (χ4n) is 3.63. The van der Waals surface area contributed by atoms with Crippen LogP contribution in [0.15, 0.2) is 76.5 Å². The van der Waals surface area contributed by atoms with Gasteiger partial charge >= 0.3 is 5.97 Å². The SMILES string of the molecule is COC(=O)c1ccsc1.Cl.Cl.Cn1c(=O)ccc2cc(OCCCN(CCN)Cc3ccncc3)ccc21. The molecule has 0 unspecified atom stereocenters. The van der Waals surface area contributed by atoms with E-state index < -0.39 is 0 Å². The van der Waals surface area contributed by atoms with Crippen molar-refractivity contribution in [3.05, 3.63) is 93.2 Å². The predicted molar refractivity (Wildman–Crippen MR) is 158 cm³/mol. The predicted octanol–water partition coefficient (Wildman–Crippen LogP) is 4.54. The van der Waals surface area contributed by atoms with Crippen LogP contribution in [0, 0.1) is 0 Å². The maximum absolute atomic E-state index is 11.7. The molecule has 1 aromatic carbocycles. The van der Waals surface area contributed by atoms with E-state index in [0.717, 1.165) is 42.7 Å². The molecule has 0 bridgehead atoms. The van der Waals surface area contributed by atoms with Crippen molar-refractivity contribution in [2.45, 2.75) is 13.0 Å². The number of carbonyl (C=O) groups is 1. The molecule has 3 heterocycles. The smallest absolute Gasteiger partial charge is 0.338 e. The zero-order valence-electron chi connectivity index (χ0n) is 21.4. The summed E-state index contributed by atoms with van der Waals surface area (Å²) in [6.45, 7) is 3.90. The monoisotopic (exact) mass is 580 g/mol. The quantitative estimate of drug-likeness (QED) is 0.217. The summed E-state index contributed by atoms with van der Waals surface area (Å²) in [4.78, 5) is 28.7. The molecule has 4 rings (SSSR count). The Morgan fingerprint density at radius 2 is 1.84 bits per heavy atom. The Hall–Kier alpha value is -2.95. The average molecular weight is 582 g/mol. The average Bonchev–Trinajstić information content (AvgIpc) is 3.45. The van der Waals surface area contributed by atoms with Crippen molar-refractivity contribution in [2.24, 2.45) is 12.8 Å². The highest BCUT2D eigenvalue weighted by atomic mass is 35.5. The van der Waals surface area contributed by atoms with Gasteiger partial charge in [-0.15, -0.1) is 24.8 Å². The van der Waals surface area contributed by atoms with Crippen LogP contribution in [-0.2, 0) is 18.3 Å². The van der Waals surface area contributed by atoms with Crippen molar-refractivity contribution in [2.75, 3.05) is 33.4 Å². The fourth-order valence-corrected chi connectivity index (χ4v) is 4.25. The minimum absolute atomic E-state index is 0. The molecule has 0 spiro atoms. The van der Waals surface area contributed by atoms with Crippen LogP contribution >= 0.6 is 36.2 Å². The second-order valence-corrected chi connectivity index (χ2v) is 8.86. The second-order valence-electron chi connectivity index (χ2n) is 8.08. The van der Waals surface area contributed by atoms with Gasteiger partial charge in [0.25, 0.3) is 5.56 Å². The van der Waals surface area contributed by atoms with E-state index in [1.807, 2.05) is 54.2 Å². The highest BCUT2D eigenvalue weighted by molar-refractivity contribution is 7.08. The van der Waals surface area contributed by atoms with Crippen molar-refractivity contribution >= 4 is 53.0 Å². The molecule has 0 aliphatic rings. The highest BCUT2D eigenvalue weighted by Gasteiger charge is 2.06. The number of halogens is 2. The van der Waals surface area contributed by atoms with Crippen LogP contribution in [-0.4, -0.2) is 53.8 Å². The molecule has 0 radical (unpaired) electrons. The summed E-state index contributed by atoms with van der Waals surface area (Å²) in [7, 11) is 3.15. The number of nitrogens with two attached hydrogens (primary N) is 1. The zero-order valence-corrected chi connectivity index (χ0v) is 23.9. The van der Waals surface area contributed by atoms with E-state index in [-0.39, 0.29) is 36.3 Å². The molecular weight excluding hydrogens is 547 g/mol. The number of thiophene rings is 1. The Kier molecular flexibility index (Phi) is 15.3. The molecule has 0 saturated carbocycles. The molecule has 0 fully saturated rings. The molecule has 0 atom stereocenters. The highest BCUT2D eigenvalue weighted by Crippen LogP contribution is 2.19. The van der Waals surface area contributed by atoms with E-state index in [0.29, 0.717) is 18.7 Å². The first-order valence-electron chi connectivity index (χ1n) is 11.7. The Morgan fingerprint density at radius 3 is 2.50 bits per heavy atom. The van der Waals surface area contributed by atoms with Crippen LogP contribution in [0.3, 0.4) is 0 Å². The molecule has 8 nitrogen and oxygen atoms in total. The van der Waals surface area contributed by atoms with Crippen LogP contribution in [0.2, 0.25) is 0 Å². The Labute approximate surface area is 239 Å². The first-order chi connectivity index (χ1) is 17.5. The Balaban J connectivity index is 0.000000560. The van der Waals surface area contributed by atoms with Gasteiger partial charge in [0.15, 0.2) is 0 Å². The number of hydrogen-bond acceptors (Lipinski definition) is 8. The summed E-state index contributed by atoms with van der Waals surface area (Å²) in [6, 6.07) is 15.0. The van der Waals surface area contributed by atoms with Gasteiger partial charge in [0.1, 0.15) is 5.75 Å². The zero-order chi connectivity index (χ0) is 25.8. The van der Waals surface area contributed by atoms with E-state index in [4.69, 9.17) is 10.5 Å². The number of rotatable bonds is 10. The lowest BCUT2D eigenvalue weighted by Gasteiger charge is -2.21. The van der Waals surface area contributed by atoms with Crippen molar-refractivity contribution in [1.29, 1.82) is 0 Å². The van der Waals surface area contributed by atoms with E-state index in [1.54, 1.807) is 29.1 Å². The second kappa shape index (κ2) is 17.5. The minimum atomic E-state index is -0.267. The molecule has 4 aromatic rings. The summed E-state index contributed by atoms with van der Waals surface area (Å²) >= 11 is 1.48. The van der Waals surface area contributed by atoms with E-state index in [2.05, 4.69) is 14.6 Å². The standard InChI is InChI=1S/C21H26N4O2.C6H6O2S.2ClH/c1-24-20-5-4-19(15-18(20)3-6-21(24)26)27-14-2-12-25(13-9-22)16-17-7-10-23-11-8-17;1-8-6(7)5-2-3-9-4-5;;/h3-8,10-11,15H,2,9,12-14,16,22H2,1H3;2-4H,1H3;2*1H. The maximum atomic E-state index is 11.7. The number of ether oxygens (including phenoxy) is 2. The molecule has 0 amide bonds. The van der Waals surface area contributed by atoms with Gasteiger partial charge in [-0.25, -0.2) is 4.79 Å². The molecule has 0 aliphatic carbocycles. The van der Waals surface area contributed by atoms with Gasteiger partial charge in [-0.3, -0.25) is 14.7 Å². The molecule has 2 N–H and O–H groups in total. The van der Waals surface area contributed by atoms with Gasteiger partial charge in [-0.05, 0) is 59.8 Å². The first kappa shape index (κ1) is 33.1. The third-order valence-electron chi connectivity index (χ3n) is 5.53. The van der Waals surface area contributed by atoms with Crippen LogP contribution in [0.4, 0.5) is 0 Å². The fraction of sp³-hybridized carbons (Fsp3) is 0.296. The van der Waals surface area contributed by atoms with Gasteiger partial charge in [0, 0.05) is 62.5 Å². The Morgan fingerprint density at radius 1 is 1.08 bits per heavy atom. The number of esters is 1. The van der Waals surface area contributed by atoms with Crippen LogP contribution < -0.4 is 16.0 Å². The van der Waals surface area contributed by atoms with Crippen LogP contribution in [0.25, 0.3) is 10.9 Å². The number of aromatic nitrogens is 2. The number of fused-ring (bicyclic) bond motifs is 1. The van der Waals surface area contributed by atoms with Gasteiger partial charge in [0.05, 0.1) is 24.8 Å². The number of nitrogens with zero attached hydrogens (tertiary/aromatic N) is 3. The number of methoxy groups -OCH3 is 1. The van der Waals surface area contributed by atoms with Crippen molar-refractivity contribution in [3.63, 3.8) is 0 Å². The van der Waals surface area contributed by atoms with E-state index >= 15 is 0 Å². The van der Waals surface area contributed by atoms with Crippen molar-refractivity contribution < 1.29 is 14.3 Å². The normalized spacial score (nSPS) is 10.1. The third kappa shape index (κ3) is 10.1. The van der Waals surface area contributed by atoms with Gasteiger partial charge in [0.2, 0.25) is 0 Å². The van der Waals surface area contributed by atoms with Crippen LogP contribution in [0.5, 0.6) is 5.75 Å². The lowest BCUT2D eigenvalue weighted by atomic mass is 10.2. The summed E-state index contributed by atoms with van der Waals surface area (Å²) in [5.41, 5.74) is 8.50. The van der Waals surface area contributed by atoms with E-state index in [9.17, 15) is 9.59 Å². The third-order valence-corrected chi connectivity index (χ3v) is 6.21. The molecule has 206 valence electrons.